The number of carbonyl (C=O) groups is 1. The molecule has 1 N–H and O–H groups in total. The number of hydrogen-bond acceptors (Lipinski definition) is 4. The van der Waals surface area contributed by atoms with E-state index < -0.39 is 17.5 Å². The van der Waals surface area contributed by atoms with Crippen LogP contribution in [-0.4, -0.2) is 25.1 Å². The molecule has 0 unspecified atom stereocenters. The van der Waals surface area contributed by atoms with Gasteiger partial charge < -0.3 is 14.8 Å². The van der Waals surface area contributed by atoms with Crippen molar-refractivity contribution < 1.29 is 23.0 Å². The van der Waals surface area contributed by atoms with Crippen LogP contribution in [0.25, 0.3) is 10.9 Å². The molecule has 0 spiro atoms. The second kappa shape index (κ2) is 7.35. The average Bonchev–Trinajstić information content (AvgIpc) is 2.65. The maximum Gasteiger partial charge on any atom is 0.270 e. The van der Waals surface area contributed by atoms with Gasteiger partial charge in [0.15, 0.2) is 5.82 Å². The lowest BCUT2D eigenvalue weighted by atomic mass is 10.1. The first-order valence-corrected chi connectivity index (χ1v) is 7.76. The minimum Gasteiger partial charge on any atom is -0.497 e. The van der Waals surface area contributed by atoms with E-state index in [1.807, 2.05) is 12.1 Å². The van der Waals surface area contributed by atoms with Crippen LogP contribution in [0.4, 0.5) is 8.78 Å². The summed E-state index contributed by atoms with van der Waals surface area (Å²) in [5.74, 6) is -1.27. The minimum absolute atomic E-state index is 0.0252. The normalized spacial score (nSPS) is 10.6. The Kier molecular flexibility index (Phi) is 4.97. The Morgan fingerprint density at radius 2 is 1.92 bits per heavy atom. The summed E-state index contributed by atoms with van der Waals surface area (Å²) in [5.41, 5.74) is 0.679. The highest BCUT2D eigenvalue weighted by Gasteiger charge is 2.16. The molecule has 3 rings (SSSR count). The van der Waals surface area contributed by atoms with E-state index in [1.165, 1.54) is 13.2 Å². The number of benzene rings is 2. The number of methoxy groups -OCH3 is 2. The molecule has 7 heteroatoms. The molecule has 1 amide bonds. The van der Waals surface area contributed by atoms with E-state index in [1.54, 1.807) is 19.2 Å². The van der Waals surface area contributed by atoms with Gasteiger partial charge in [0, 0.05) is 24.1 Å². The fraction of sp³-hybridized carbons (Fsp3) is 0.158. The molecule has 0 saturated heterocycles. The van der Waals surface area contributed by atoms with Gasteiger partial charge in [-0.2, -0.15) is 0 Å². The summed E-state index contributed by atoms with van der Waals surface area (Å²) in [4.78, 5) is 16.4. The summed E-state index contributed by atoms with van der Waals surface area (Å²) in [6.07, 6.45) is 0. The number of hydrogen-bond donors (Lipinski definition) is 1. The molecule has 0 saturated carbocycles. The number of ether oxygens (including phenoxy) is 2. The summed E-state index contributed by atoms with van der Waals surface area (Å²) in [6.45, 7) is 0.240. The zero-order chi connectivity index (χ0) is 18.7. The van der Waals surface area contributed by atoms with E-state index in [4.69, 9.17) is 9.47 Å². The molecule has 26 heavy (non-hydrogen) atoms. The number of nitrogens with one attached hydrogen (secondary N) is 1. The molecule has 2 aromatic carbocycles. The summed E-state index contributed by atoms with van der Waals surface area (Å²) in [7, 11) is 2.91. The number of aromatic nitrogens is 1. The predicted molar refractivity (Wildman–Crippen MR) is 92.4 cm³/mol. The van der Waals surface area contributed by atoms with E-state index >= 15 is 0 Å². The molecular weight excluding hydrogens is 342 g/mol. The Hall–Kier alpha value is -3.22. The molecule has 5 nitrogen and oxygen atoms in total. The van der Waals surface area contributed by atoms with Crippen molar-refractivity contribution in [3.63, 3.8) is 0 Å². The third kappa shape index (κ3) is 3.56. The van der Waals surface area contributed by atoms with E-state index in [0.29, 0.717) is 11.8 Å². The molecule has 3 aromatic rings. The summed E-state index contributed by atoms with van der Waals surface area (Å²) >= 11 is 0. The van der Waals surface area contributed by atoms with Crippen molar-refractivity contribution >= 4 is 16.8 Å². The first kappa shape index (κ1) is 17.6. The molecule has 0 aliphatic heterocycles. The second-order valence-corrected chi connectivity index (χ2v) is 5.53. The summed E-state index contributed by atoms with van der Waals surface area (Å²) in [6, 6.07) is 10.4. The van der Waals surface area contributed by atoms with Crippen molar-refractivity contribution in [3.8, 4) is 11.5 Å². The average molecular weight is 358 g/mol. The number of pyridine rings is 1. The van der Waals surface area contributed by atoms with Gasteiger partial charge in [-0.05, 0) is 23.8 Å². The van der Waals surface area contributed by atoms with Crippen LogP contribution in [0, 0.1) is 11.6 Å². The molecule has 1 aromatic heterocycles. The van der Waals surface area contributed by atoms with Gasteiger partial charge in [0.1, 0.15) is 28.5 Å². The Bertz CT molecular complexity index is 976. The summed E-state index contributed by atoms with van der Waals surface area (Å²) < 4.78 is 37.8. The van der Waals surface area contributed by atoms with Crippen LogP contribution in [0.1, 0.15) is 16.1 Å². The second-order valence-electron chi connectivity index (χ2n) is 5.53. The zero-order valence-electron chi connectivity index (χ0n) is 14.2. The highest BCUT2D eigenvalue weighted by molar-refractivity contribution is 5.97. The Balaban J connectivity index is 1.88. The third-order valence-electron chi connectivity index (χ3n) is 3.83. The van der Waals surface area contributed by atoms with Gasteiger partial charge in [-0.15, -0.1) is 0 Å². The number of fused-ring (bicyclic) bond motifs is 1. The molecule has 0 bridgehead atoms. The van der Waals surface area contributed by atoms with Crippen molar-refractivity contribution in [2.75, 3.05) is 14.2 Å². The van der Waals surface area contributed by atoms with Crippen LogP contribution in [0.3, 0.4) is 0 Å². The maximum absolute atomic E-state index is 14.0. The largest absolute Gasteiger partial charge is 0.497 e. The van der Waals surface area contributed by atoms with Gasteiger partial charge in [0.2, 0.25) is 0 Å². The highest BCUT2D eigenvalue weighted by atomic mass is 19.1. The van der Waals surface area contributed by atoms with Crippen LogP contribution >= 0.6 is 0 Å². The molecule has 0 aliphatic carbocycles. The fourth-order valence-electron chi connectivity index (χ4n) is 2.56. The van der Waals surface area contributed by atoms with Gasteiger partial charge in [0.25, 0.3) is 5.91 Å². The van der Waals surface area contributed by atoms with Crippen molar-refractivity contribution in [2.45, 2.75) is 6.54 Å². The number of nitrogens with zero attached hydrogens (tertiary/aromatic N) is 1. The van der Waals surface area contributed by atoms with Crippen LogP contribution in [0.2, 0.25) is 0 Å². The molecule has 1 heterocycles. The van der Waals surface area contributed by atoms with Gasteiger partial charge in [0.05, 0.1) is 14.2 Å². The number of amides is 1. The lowest BCUT2D eigenvalue weighted by Crippen LogP contribution is -2.24. The van der Waals surface area contributed by atoms with Gasteiger partial charge in [-0.1, -0.05) is 12.1 Å². The van der Waals surface area contributed by atoms with Crippen molar-refractivity contribution in [2.24, 2.45) is 0 Å². The molecular formula is C19H16F2N2O3. The van der Waals surface area contributed by atoms with Crippen LogP contribution in [0.15, 0.2) is 42.5 Å². The summed E-state index contributed by atoms with van der Waals surface area (Å²) in [5, 5.41) is 2.87. The number of halogens is 2. The van der Waals surface area contributed by atoms with Crippen molar-refractivity contribution in [1.29, 1.82) is 0 Å². The Labute approximate surface area is 148 Å². The highest BCUT2D eigenvalue weighted by Crippen LogP contribution is 2.28. The quantitative estimate of drug-likeness (QED) is 0.759. The lowest BCUT2D eigenvalue weighted by molar-refractivity contribution is 0.0946. The zero-order valence-corrected chi connectivity index (χ0v) is 14.2. The first-order valence-electron chi connectivity index (χ1n) is 7.76. The van der Waals surface area contributed by atoms with E-state index in [2.05, 4.69) is 10.3 Å². The Morgan fingerprint density at radius 3 is 2.65 bits per heavy atom. The monoisotopic (exact) mass is 358 g/mol. The van der Waals surface area contributed by atoms with Gasteiger partial charge in [-0.3, -0.25) is 4.79 Å². The first-order chi connectivity index (χ1) is 12.5. The molecule has 0 radical (unpaired) electrons. The lowest BCUT2D eigenvalue weighted by Gasteiger charge is -2.10. The van der Waals surface area contributed by atoms with Crippen LogP contribution in [0.5, 0.6) is 11.5 Å². The number of carbonyl (C=O) groups excluding carboxylic acids is 1. The van der Waals surface area contributed by atoms with E-state index in [-0.39, 0.29) is 28.9 Å². The van der Waals surface area contributed by atoms with Crippen LogP contribution < -0.4 is 14.8 Å². The third-order valence-corrected chi connectivity index (χ3v) is 3.83. The van der Waals surface area contributed by atoms with Crippen molar-refractivity contribution in [3.05, 3.63) is 65.4 Å². The van der Waals surface area contributed by atoms with Crippen molar-refractivity contribution in [1.82, 2.24) is 10.3 Å². The van der Waals surface area contributed by atoms with Gasteiger partial charge in [-0.25, -0.2) is 13.8 Å². The minimum atomic E-state index is -0.860. The fourth-order valence-corrected chi connectivity index (χ4v) is 2.56. The molecule has 0 fully saturated rings. The molecule has 0 aliphatic rings. The standard InChI is InChI=1S/C19H16F2N2O3/c1-25-13-5-3-4-11(6-13)10-22-19(24)16-9-17(26-2)14-7-12(20)8-15(21)18(14)23-16/h3-9H,10H2,1-2H3,(H,22,24). The topological polar surface area (TPSA) is 60.5 Å². The maximum atomic E-state index is 14.0. The van der Waals surface area contributed by atoms with E-state index in [0.717, 1.165) is 11.6 Å². The number of rotatable bonds is 5. The SMILES string of the molecule is COc1cccc(CNC(=O)c2cc(OC)c3cc(F)cc(F)c3n2)c1. The molecule has 0 atom stereocenters. The Morgan fingerprint density at radius 1 is 1.12 bits per heavy atom. The van der Waals surface area contributed by atoms with Crippen LogP contribution in [-0.2, 0) is 6.54 Å². The molecule has 134 valence electrons. The van der Waals surface area contributed by atoms with E-state index in [9.17, 15) is 13.6 Å². The predicted octanol–water partition coefficient (Wildman–Crippen LogP) is 3.46. The van der Waals surface area contributed by atoms with Gasteiger partial charge >= 0.3 is 0 Å². The smallest absolute Gasteiger partial charge is 0.270 e.